The van der Waals surface area contributed by atoms with E-state index in [-0.39, 0.29) is 11.7 Å². The Kier molecular flexibility index (Phi) is 8.98. The lowest BCUT2D eigenvalue weighted by atomic mass is 9.95. The Balaban J connectivity index is 2.10. The highest BCUT2D eigenvalue weighted by Gasteiger charge is 2.44. The summed E-state index contributed by atoms with van der Waals surface area (Å²) in [5, 5.41) is 13.6. The van der Waals surface area contributed by atoms with E-state index in [4.69, 9.17) is 14.2 Å². The topological polar surface area (TPSA) is 92.6 Å². The summed E-state index contributed by atoms with van der Waals surface area (Å²) in [5.41, 5.74) is 0.879. The maximum absolute atomic E-state index is 13.6. The lowest BCUT2D eigenvalue weighted by Gasteiger charge is -2.28. The predicted molar refractivity (Wildman–Crippen MR) is 135 cm³/mol. The minimum Gasteiger partial charge on any atom is -0.872 e. The van der Waals surface area contributed by atoms with Crippen LogP contribution in [0.15, 0.2) is 48.0 Å². The van der Waals surface area contributed by atoms with Crippen molar-refractivity contribution in [1.82, 2.24) is 4.90 Å². The highest BCUT2D eigenvalue weighted by molar-refractivity contribution is 6.46. The number of methoxy groups -OCH3 is 1. The van der Waals surface area contributed by atoms with E-state index in [0.29, 0.717) is 48.1 Å². The molecule has 36 heavy (non-hydrogen) atoms. The number of ether oxygens (including phenoxy) is 3. The standard InChI is InChI=1S/C28H36N2O6/c1-7-16-35-22-13-10-20(17-23(22)34-6)25-24(27(32)28(33)30(25)15-14-29(4)5)26(31)19-8-11-21(12-9-19)36-18(2)3/h8-13,17-18,25,31H,7,14-16H2,1-6H3/b26-24+. The third kappa shape index (κ3) is 5.99. The highest BCUT2D eigenvalue weighted by atomic mass is 16.5. The van der Waals surface area contributed by atoms with Gasteiger partial charge in [0.2, 0.25) is 5.78 Å². The van der Waals surface area contributed by atoms with Crippen molar-refractivity contribution in [1.29, 1.82) is 0 Å². The number of ketones is 1. The van der Waals surface area contributed by atoms with Crippen LogP contribution in [-0.4, -0.2) is 63.6 Å². The van der Waals surface area contributed by atoms with E-state index in [2.05, 4.69) is 0 Å². The molecule has 1 heterocycles. The molecule has 1 aliphatic heterocycles. The Labute approximate surface area is 213 Å². The van der Waals surface area contributed by atoms with Gasteiger partial charge < -0.3 is 29.1 Å². The third-order valence-electron chi connectivity index (χ3n) is 5.84. The van der Waals surface area contributed by atoms with Crippen LogP contribution >= 0.6 is 0 Å². The molecule has 1 atom stereocenters. The van der Waals surface area contributed by atoms with Crippen molar-refractivity contribution in [3.63, 3.8) is 0 Å². The van der Waals surface area contributed by atoms with E-state index >= 15 is 0 Å². The van der Waals surface area contributed by atoms with Gasteiger partial charge in [-0.3, -0.25) is 9.59 Å². The van der Waals surface area contributed by atoms with Crippen LogP contribution in [-0.2, 0) is 9.59 Å². The summed E-state index contributed by atoms with van der Waals surface area (Å²) < 4.78 is 17.0. The summed E-state index contributed by atoms with van der Waals surface area (Å²) in [7, 11) is 5.47. The minimum atomic E-state index is -0.822. The molecule has 8 nitrogen and oxygen atoms in total. The summed E-state index contributed by atoms with van der Waals surface area (Å²) in [6, 6.07) is 11.1. The maximum Gasteiger partial charge on any atom is 0.295 e. The second kappa shape index (κ2) is 11.9. The number of hydrogen-bond acceptors (Lipinski definition) is 6. The number of likely N-dealkylation sites (tertiary alicyclic amines) is 1. The van der Waals surface area contributed by atoms with Crippen LogP contribution in [0.2, 0.25) is 0 Å². The van der Waals surface area contributed by atoms with Crippen LogP contribution in [0.25, 0.3) is 5.76 Å². The zero-order valence-corrected chi connectivity index (χ0v) is 21.9. The average Bonchev–Trinajstić information content (AvgIpc) is 3.10. The molecule has 0 radical (unpaired) electrons. The number of carbonyl (C=O) groups excluding carboxylic acids is 2. The molecule has 1 N–H and O–H groups in total. The van der Waals surface area contributed by atoms with E-state index in [1.807, 2.05) is 34.9 Å². The monoisotopic (exact) mass is 496 g/mol. The van der Waals surface area contributed by atoms with Gasteiger partial charge in [-0.05, 0) is 55.7 Å². The first-order valence-electron chi connectivity index (χ1n) is 12.3. The number of likely N-dealkylation sites (N-methyl/N-ethyl adjacent to an activating group) is 1. The molecule has 3 rings (SSSR count). The van der Waals surface area contributed by atoms with Crippen LogP contribution in [0, 0.1) is 0 Å². The van der Waals surface area contributed by atoms with Crippen LogP contribution < -0.4 is 24.2 Å². The number of nitrogens with one attached hydrogen (secondary N) is 1. The van der Waals surface area contributed by atoms with Gasteiger partial charge in [0.1, 0.15) is 5.75 Å². The largest absolute Gasteiger partial charge is 0.872 e. The van der Waals surface area contributed by atoms with Gasteiger partial charge in [-0.25, -0.2) is 0 Å². The zero-order valence-electron chi connectivity index (χ0n) is 21.9. The lowest BCUT2D eigenvalue weighted by molar-refractivity contribution is -0.857. The van der Waals surface area contributed by atoms with Crippen molar-refractivity contribution >= 4 is 17.4 Å². The number of nitrogens with zero attached hydrogens (tertiary/aromatic N) is 1. The van der Waals surface area contributed by atoms with Crippen molar-refractivity contribution in [2.75, 3.05) is 40.9 Å². The highest BCUT2D eigenvalue weighted by Crippen LogP contribution is 2.41. The van der Waals surface area contributed by atoms with E-state index in [0.717, 1.165) is 11.3 Å². The van der Waals surface area contributed by atoms with Crippen molar-refractivity contribution < 1.29 is 33.8 Å². The number of Topliss-reactive ketones (excluding diaryl/α,β-unsaturated/α-hetero) is 1. The SMILES string of the molecule is CCCOc1ccc(C2/C(=C(\[O-])c3ccc(OC(C)C)cc3)C(=O)C(=O)N2CC[NH+](C)C)cc1OC. The van der Waals surface area contributed by atoms with Gasteiger partial charge in [0.25, 0.3) is 5.91 Å². The summed E-state index contributed by atoms with van der Waals surface area (Å²) in [6.45, 7) is 7.31. The first-order chi connectivity index (χ1) is 17.2. The van der Waals surface area contributed by atoms with E-state index in [1.165, 1.54) is 12.0 Å². The summed E-state index contributed by atoms with van der Waals surface area (Å²) in [6.07, 6.45) is 0.830. The fourth-order valence-electron chi connectivity index (χ4n) is 4.09. The Hall–Kier alpha value is -3.52. The van der Waals surface area contributed by atoms with Crippen LogP contribution in [0.4, 0.5) is 0 Å². The molecule has 0 spiro atoms. The summed E-state index contributed by atoms with van der Waals surface area (Å²) >= 11 is 0. The van der Waals surface area contributed by atoms with Gasteiger partial charge in [-0.1, -0.05) is 30.9 Å². The number of benzene rings is 2. The molecule has 1 saturated heterocycles. The average molecular weight is 497 g/mol. The van der Waals surface area contributed by atoms with Crippen molar-refractivity contribution in [3.8, 4) is 17.2 Å². The molecule has 0 bridgehead atoms. The number of quaternary nitrogens is 1. The number of carbonyl (C=O) groups is 2. The molecule has 0 aromatic heterocycles. The Morgan fingerprint density at radius 3 is 2.36 bits per heavy atom. The maximum atomic E-state index is 13.6. The molecule has 0 saturated carbocycles. The first-order valence-corrected chi connectivity index (χ1v) is 12.3. The lowest BCUT2D eigenvalue weighted by Crippen LogP contribution is -3.06. The number of amides is 1. The molecule has 2 aromatic rings. The molecule has 194 valence electrons. The van der Waals surface area contributed by atoms with Crippen molar-refractivity contribution in [2.45, 2.75) is 39.3 Å². The van der Waals surface area contributed by atoms with Gasteiger partial charge in [0, 0.05) is 5.57 Å². The van der Waals surface area contributed by atoms with Gasteiger partial charge in [0.05, 0.1) is 53.0 Å². The minimum absolute atomic E-state index is 0.00835. The number of rotatable bonds is 11. The van der Waals surface area contributed by atoms with Crippen molar-refractivity contribution in [2.24, 2.45) is 0 Å². The molecular formula is C28H36N2O6. The second-order valence-corrected chi connectivity index (χ2v) is 9.38. The smallest absolute Gasteiger partial charge is 0.295 e. The van der Waals surface area contributed by atoms with Crippen LogP contribution in [0.3, 0.4) is 0 Å². The van der Waals surface area contributed by atoms with Crippen LogP contribution in [0.1, 0.15) is 44.4 Å². The second-order valence-electron chi connectivity index (χ2n) is 9.38. The third-order valence-corrected chi connectivity index (χ3v) is 5.84. The van der Waals surface area contributed by atoms with E-state index in [9.17, 15) is 14.7 Å². The molecule has 1 amide bonds. The Bertz CT molecular complexity index is 1110. The van der Waals surface area contributed by atoms with E-state index < -0.39 is 23.5 Å². The Morgan fingerprint density at radius 1 is 1.08 bits per heavy atom. The Morgan fingerprint density at radius 2 is 1.78 bits per heavy atom. The molecule has 2 aromatic carbocycles. The fraction of sp³-hybridized carbons (Fsp3) is 0.429. The molecule has 1 unspecified atom stereocenters. The summed E-state index contributed by atoms with van der Waals surface area (Å²) in [5.74, 6) is -0.245. The fourth-order valence-corrected chi connectivity index (χ4v) is 4.09. The van der Waals surface area contributed by atoms with Crippen molar-refractivity contribution in [3.05, 3.63) is 59.2 Å². The summed E-state index contributed by atoms with van der Waals surface area (Å²) in [4.78, 5) is 28.9. The number of hydrogen-bond donors (Lipinski definition) is 1. The molecule has 1 fully saturated rings. The van der Waals surface area contributed by atoms with Gasteiger partial charge in [-0.2, -0.15) is 0 Å². The molecule has 1 aliphatic rings. The van der Waals surface area contributed by atoms with Crippen LogP contribution in [0.5, 0.6) is 17.2 Å². The molecular weight excluding hydrogens is 460 g/mol. The van der Waals surface area contributed by atoms with Gasteiger partial charge >= 0.3 is 0 Å². The normalized spacial score (nSPS) is 17.2. The first kappa shape index (κ1) is 27.1. The van der Waals surface area contributed by atoms with Gasteiger partial charge in [-0.15, -0.1) is 0 Å². The quantitative estimate of drug-likeness (QED) is 0.289. The van der Waals surface area contributed by atoms with Gasteiger partial charge in [0.15, 0.2) is 11.5 Å². The zero-order chi connectivity index (χ0) is 26.4. The molecule has 8 heteroatoms. The van der Waals surface area contributed by atoms with E-state index in [1.54, 1.807) is 42.5 Å². The predicted octanol–water partition coefficient (Wildman–Crippen LogP) is 1.64. The molecule has 0 aliphatic carbocycles.